The molecule has 1 amide bonds. The van der Waals surface area contributed by atoms with Crippen molar-refractivity contribution in [3.8, 4) is 0 Å². The number of nitrogens with zero attached hydrogens (tertiary/aromatic N) is 1. The summed E-state index contributed by atoms with van der Waals surface area (Å²) in [6, 6.07) is 5.83. The molecule has 1 heterocycles. The van der Waals surface area contributed by atoms with Crippen molar-refractivity contribution in [2.75, 3.05) is 13.2 Å². The molecule has 3 rings (SSSR count). The number of hydrogen-bond acceptors (Lipinski definition) is 3. The Morgan fingerprint density at radius 1 is 1.42 bits per heavy atom. The lowest BCUT2D eigenvalue weighted by atomic mass is 10.1. The van der Waals surface area contributed by atoms with Gasteiger partial charge in [-0.1, -0.05) is 0 Å². The number of amides is 1. The summed E-state index contributed by atoms with van der Waals surface area (Å²) < 4.78 is 6.58. The molecule has 2 fully saturated rings. The first-order chi connectivity index (χ1) is 9.16. The Kier molecular flexibility index (Phi) is 3.87. The summed E-state index contributed by atoms with van der Waals surface area (Å²) in [4.78, 5) is 15.5. The molecule has 1 aliphatic carbocycles. The Balaban J connectivity index is 1.88. The highest BCUT2D eigenvalue weighted by atomic mass is 79.9. The van der Waals surface area contributed by atoms with Crippen LogP contribution in [0.1, 0.15) is 29.6 Å². The van der Waals surface area contributed by atoms with Crippen LogP contribution < -0.4 is 0 Å². The molecular formula is C14H16BrNO2S. The average Bonchev–Trinajstić information content (AvgIpc) is 2.89. The standard InChI is InChI=1S/C14H16BrNO2S/c15-11-5-4-9(19)8-10(11)14(17)16-6-7-18-13-3-1-2-12(13)16/h4-5,8,12-13,19H,1-3,6-7H2. The lowest BCUT2D eigenvalue weighted by molar-refractivity contribution is -0.0445. The van der Waals surface area contributed by atoms with Crippen LogP contribution in [0.25, 0.3) is 0 Å². The zero-order valence-corrected chi connectivity index (χ0v) is 13.0. The SMILES string of the molecule is O=C(c1cc(S)ccc1Br)N1CCOC2CCCC21. The minimum Gasteiger partial charge on any atom is -0.374 e. The fourth-order valence-corrected chi connectivity index (χ4v) is 3.63. The van der Waals surface area contributed by atoms with Gasteiger partial charge in [0, 0.05) is 15.9 Å². The van der Waals surface area contributed by atoms with E-state index in [0.29, 0.717) is 18.7 Å². The molecule has 0 spiro atoms. The molecule has 1 aliphatic heterocycles. The van der Waals surface area contributed by atoms with E-state index in [1.807, 2.05) is 23.1 Å². The van der Waals surface area contributed by atoms with E-state index in [4.69, 9.17) is 4.74 Å². The highest BCUT2D eigenvalue weighted by molar-refractivity contribution is 9.10. The maximum Gasteiger partial charge on any atom is 0.255 e. The van der Waals surface area contributed by atoms with Crippen molar-refractivity contribution in [1.82, 2.24) is 4.90 Å². The molecule has 102 valence electrons. The molecule has 2 aliphatic rings. The third kappa shape index (κ3) is 2.56. The molecule has 0 radical (unpaired) electrons. The van der Waals surface area contributed by atoms with Crippen LogP contribution in [0.5, 0.6) is 0 Å². The second kappa shape index (κ2) is 5.46. The maximum absolute atomic E-state index is 12.7. The van der Waals surface area contributed by atoms with Crippen molar-refractivity contribution >= 4 is 34.5 Å². The van der Waals surface area contributed by atoms with Crippen molar-refractivity contribution < 1.29 is 9.53 Å². The number of carbonyl (C=O) groups excluding carboxylic acids is 1. The van der Waals surface area contributed by atoms with Crippen LogP contribution in [0.15, 0.2) is 27.6 Å². The lowest BCUT2D eigenvalue weighted by Crippen LogP contribution is -2.51. The molecule has 1 aromatic carbocycles. The van der Waals surface area contributed by atoms with Crippen LogP contribution in [0.2, 0.25) is 0 Å². The van der Waals surface area contributed by atoms with E-state index >= 15 is 0 Å². The normalized spacial score (nSPS) is 26.3. The molecular weight excluding hydrogens is 326 g/mol. The smallest absolute Gasteiger partial charge is 0.255 e. The van der Waals surface area contributed by atoms with E-state index in [-0.39, 0.29) is 18.1 Å². The highest BCUT2D eigenvalue weighted by Crippen LogP contribution is 2.32. The number of benzene rings is 1. The third-order valence-electron chi connectivity index (χ3n) is 3.92. The van der Waals surface area contributed by atoms with E-state index < -0.39 is 0 Å². The van der Waals surface area contributed by atoms with Crippen molar-refractivity contribution in [1.29, 1.82) is 0 Å². The highest BCUT2D eigenvalue weighted by Gasteiger charge is 2.38. The van der Waals surface area contributed by atoms with Crippen LogP contribution in [0, 0.1) is 0 Å². The minimum absolute atomic E-state index is 0.0861. The van der Waals surface area contributed by atoms with Crippen LogP contribution in [0.4, 0.5) is 0 Å². The summed E-state index contributed by atoms with van der Waals surface area (Å²) >= 11 is 7.78. The number of rotatable bonds is 1. The van der Waals surface area contributed by atoms with Gasteiger partial charge in [0.05, 0.1) is 24.3 Å². The first-order valence-electron chi connectivity index (χ1n) is 6.58. The number of carbonyl (C=O) groups is 1. The Morgan fingerprint density at radius 2 is 2.26 bits per heavy atom. The summed E-state index contributed by atoms with van der Waals surface area (Å²) in [6.07, 6.45) is 3.50. The van der Waals surface area contributed by atoms with Gasteiger partial charge in [0.25, 0.3) is 5.91 Å². The van der Waals surface area contributed by atoms with Gasteiger partial charge in [-0.15, -0.1) is 12.6 Å². The van der Waals surface area contributed by atoms with Gasteiger partial charge in [-0.3, -0.25) is 4.79 Å². The van der Waals surface area contributed by atoms with Crippen molar-refractivity contribution in [2.45, 2.75) is 36.3 Å². The summed E-state index contributed by atoms with van der Waals surface area (Å²) in [7, 11) is 0. The molecule has 1 aromatic rings. The zero-order valence-electron chi connectivity index (χ0n) is 10.5. The zero-order chi connectivity index (χ0) is 13.4. The molecule has 19 heavy (non-hydrogen) atoms. The van der Waals surface area contributed by atoms with Gasteiger partial charge in [0.1, 0.15) is 0 Å². The van der Waals surface area contributed by atoms with Gasteiger partial charge in [-0.2, -0.15) is 0 Å². The van der Waals surface area contributed by atoms with Crippen LogP contribution >= 0.6 is 28.6 Å². The number of thiol groups is 1. The molecule has 0 aromatic heterocycles. The van der Waals surface area contributed by atoms with E-state index in [1.54, 1.807) is 0 Å². The monoisotopic (exact) mass is 341 g/mol. The average molecular weight is 342 g/mol. The first-order valence-corrected chi connectivity index (χ1v) is 7.82. The molecule has 1 saturated heterocycles. The number of morpholine rings is 1. The predicted octanol–water partition coefficient (Wildman–Crippen LogP) is 3.13. The van der Waals surface area contributed by atoms with Gasteiger partial charge in [-0.25, -0.2) is 0 Å². The van der Waals surface area contributed by atoms with Gasteiger partial charge >= 0.3 is 0 Å². The summed E-state index contributed by atoms with van der Waals surface area (Å²) in [5, 5.41) is 0. The second-order valence-corrected chi connectivity index (χ2v) is 6.44. The molecule has 5 heteroatoms. The van der Waals surface area contributed by atoms with Crippen LogP contribution in [0.3, 0.4) is 0 Å². The molecule has 2 unspecified atom stereocenters. The Hall–Kier alpha value is -0.520. The van der Waals surface area contributed by atoms with Crippen molar-refractivity contribution in [2.24, 2.45) is 0 Å². The van der Waals surface area contributed by atoms with E-state index in [9.17, 15) is 4.79 Å². The Bertz CT molecular complexity index is 508. The Labute approximate surface area is 126 Å². The summed E-state index contributed by atoms with van der Waals surface area (Å²) in [5.74, 6) is 0.0861. The van der Waals surface area contributed by atoms with E-state index in [2.05, 4.69) is 28.6 Å². The third-order valence-corrected chi connectivity index (χ3v) is 4.89. The second-order valence-electron chi connectivity index (χ2n) is 5.07. The van der Waals surface area contributed by atoms with Gasteiger partial charge < -0.3 is 9.64 Å². The molecule has 3 nitrogen and oxygen atoms in total. The van der Waals surface area contributed by atoms with Gasteiger partial charge in [0.2, 0.25) is 0 Å². The number of halogens is 1. The minimum atomic E-state index is 0.0861. The topological polar surface area (TPSA) is 29.5 Å². The quantitative estimate of drug-likeness (QED) is 0.795. The molecule has 0 N–H and O–H groups in total. The van der Waals surface area contributed by atoms with E-state index in [1.165, 1.54) is 0 Å². The molecule has 2 atom stereocenters. The van der Waals surface area contributed by atoms with E-state index in [0.717, 1.165) is 28.6 Å². The lowest BCUT2D eigenvalue weighted by Gasteiger charge is -2.37. The molecule has 1 saturated carbocycles. The fraction of sp³-hybridized carbons (Fsp3) is 0.500. The fourth-order valence-electron chi connectivity index (χ4n) is 3.01. The first kappa shape index (κ1) is 13.5. The Morgan fingerprint density at radius 3 is 3.11 bits per heavy atom. The summed E-state index contributed by atoms with van der Waals surface area (Å²) in [6.45, 7) is 1.33. The number of fused-ring (bicyclic) bond motifs is 1. The number of ether oxygens (including phenoxy) is 1. The molecule has 0 bridgehead atoms. The van der Waals surface area contributed by atoms with Crippen LogP contribution in [-0.4, -0.2) is 36.1 Å². The number of hydrogen-bond donors (Lipinski definition) is 1. The van der Waals surface area contributed by atoms with Gasteiger partial charge in [-0.05, 0) is 53.4 Å². The van der Waals surface area contributed by atoms with Gasteiger partial charge in [0.15, 0.2) is 0 Å². The predicted molar refractivity (Wildman–Crippen MR) is 79.8 cm³/mol. The largest absolute Gasteiger partial charge is 0.374 e. The van der Waals surface area contributed by atoms with Crippen molar-refractivity contribution in [3.63, 3.8) is 0 Å². The maximum atomic E-state index is 12.7. The summed E-state index contributed by atoms with van der Waals surface area (Å²) in [5.41, 5.74) is 0.694. The van der Waals surface area contributed by atoms with Crippen molar-refractivity contribution in [3.05, 3.63) is 28.2 Å². The van der Waals surface area contributed by atoms with Crippen LogP contribution in [-0.2, 0) is 4.74 Å².